The highest BCUT2D eigenvalue weighted by molar-refractivity contribution is 7.92. The summed E-state index contributed by atoms with van der Waals surface area (Å²) in [6.07, 6.45) is 0. The number of hydrogen-bond donors (Lipinski definition) is 2. The van der Waals surface area contributed by atoms with E-state index >= 15 is 0 Å². The third-order valence-corrected chi connectivity index (χ3v) is 6.46. The van der Waals surface area contributed by atoms with Gasteiger partial charge < -0.3 is 14.8 Å². The van der Waals surface area contributed by atoms with E-state index in [1.165, 1.54) is 42.5 Å². The largest absolute Gasteiger partial charge is 0.497 e. The minimum Gasteiger partial charge on any atom is -0.497 e. The van der Waals surface area contributed by atoms with Crippen molar-refractivity contribution in [2.45, 2.75) is 11.4 Å². The molecule has 7 nitrogen and oxygen atoms in total. The molecule has 0 bridgehead atoms. The zero-order valence-corrected chi connectivity index (χ0v) is 19.3. The Morgan fingerprint density at radius 1 is 0.906 bits per heavy atom. The average molecular weight is 495 g/mol. The first-order valence-corrected chi connectivity index (χ1v) is 11.6. The summed E-state index contributed by atoms with van der Waals surface area (Å²) < 4.78 is 38.0. The quantitative estimate of drug-likeness (QED) is 0.456. The first-order valence-electron chi connectivity index (χ1n) is 9.37. The van der Waals surface area contributed by atoms with E-state index in [9.17, 15) is 13.2 Å². The van der Waals surface area contributed by atoms with Crippen molar-refractivity contribution in [2.24, 2.45) is 0 Å². The second kappa shape index (κ2) is 10.6. The van der Waals surface area contributed by atoms with Gasteiger partial charge in [-0.05, 0) is 60.2 Å². The van der Waals surface area contributed by atoms with E-state index in [1.807, 2.05) is 24.3 Å². The van der Waals surface area contributed by atoms with Gasteiger partial charge in [0.05, 0.1) is 27.7 Å². The molecule has 0 spiro atoms. The van der Waals surface area contributed by atoms with Crippen LogP contribution in [0.2, 0.25) is 10.0 Å². The van der Waals surface area contributed by atoms with Crippen LogP contribution in [0.25, 0.3) is 0 Å². The van der Waals surface area contributed by atoms with Gasteiger partial charge in [-0.1, -0.05) is 35.3 Å². The standard InChI is InChI=1S/C22H20Cl2N2O5S/c1-30-17-5-2-15(3-6-17)13-25-22(27)14-31-18-7-9-19(10-8-18)32(28,29)26-16-4-11-20(23)21(24)12-16/h2-12,26H,13-14H2,1H3,(H,25,27). The van der Waals surface area contributed by atoms with Gasteiger partial charge in [0.25, 0.3) is 15.9 Å². The molecule has 1 amide bonds. The number of rotatable bonds is 9. The first kappa shape index (κ1) is 23.7. The lowest BCUT2D eigenvalue weighted by Gasteiger charge is -2.11. The van der Waals surface area contributed by atoms with Gasteiger partial charge in [0.1, 0.15) is 11.5 Å². The second-order valence-corrected chi connectivity index (χ2v) is 9.12. The van der Waals surface area contributed by atoms with Gasteiger partial charge in [0, 0.05) is 6.54 Å². The Kier molecular flexibility index (Phi) is 7.84. The highest BCUT2D eigenvalue weighted by Gasteiger charge is 2.15. The molecule has 0 aromatic heterocycles. The van der Waals surface area contributed by atoms with Gasteiger partial charge >= 0.3 is 0 Å². The van der Waals surface area contributed by atoms with Crippen LogP contribution in [0.1, 0.15) is 5.56 Å². The number of methoxy groups -OCH3 is 1. The van der Waals surface area contributed by atoms with Crippen molar-refractivity contribution in [3.63, 3.8) is 0 Å². The summed E-state index contributed by atoms with van der Waals surface area (Å²) in [5, 5.41) is 3.31. The molecule has 3 rings (SSSR count). The Bertz CT molecular complexity index is 1180. The summed E-state index contributed by atoms with van der Waals surface area (Å²) in [6.45, 7) is 0.146. The molecule has 3 aromatic rings. The van der Waals surface area contributed by atoms with E-state index < -0.39 is 10.0 Å². The Labute approximate surface area is 196 Å². The van der Waals surface area contributed by atoms with Gasteiger partial charge in [-0.15, -0.1) is 0 Å². The van der Waals surface area contributed by atoms with E-state index in [2.05, 4.69) is 10.0 Å². The van der Waals surface area contributed by atoms with Crippen LogP contribution in [0, 0.1) is 0 Å². The van der Waals surface area contributed by atoms with E-state index in [-0.39, 0.29) is 28.1 Å². The van der Waals surface area contributed by atoms with Crippen LogP contribution in [-0.4, -0.2) is 28.0 Å². The molecule has 0 aliphatic rings. The molecule has 32 heavy (non-hydrogen) atoms. The SMILES string of the molecule is COc1ccc(CNC(=O)COc2ccc(S(=O)(=O)Nc3ccc(Cl)c(Cl)c3)cc2)cc1. The fourth-order valence-corrected chi connectivity index (χ4v) is 3.98. The molecule has 0 radical (unpaired) electrons. The normalized spacial score (nSPS) is 11.0. The minimum atomic E-state index is -3.83. The van der Waals surface area contributed by atoms with Crippen LogP contribution in [0.15, 0.2) is 71.6 Å². The number of sulfonamides is 1. The highest BCUT2D eigenvalue weighted by atomic mass is 35.5. The maximum atomic E-state index is 12.5. The molecular weight excluding hydrogens is 475 g/mol. The van der Waals surface area contributed by atoms with Crippen molar-refractivity contribution < 1.29 is 22.7 Å². The number of carbonyl (C=O) groups excluding carboxylic acids is 1. The highest BCUT2D eigenvalue weighted by Crippen LogP contribution is 2.27. The molecule has 0 saturated carbocycles. The van der Waals surface area contributed by atoms with E-state index in [0.717, 1.165) is 11.3 Å². The first-order chi connectivity index (χ1) is 15.3. The van der Waals surface area contributed by atoms with Crippen molar-refractivity contribution in [3.8, 4) is 11.5 Å². The maximum Gasteiger partial charge on any atom is 0.261 e. The Balaban J connectivity index is 1.52. The Morgan fingerprint density at radius 2 is 1.56 bits per heavy atom. The lowest BCUT2D eigenvalue weighted by molar-refractivity contribution is -0.123. The zero-order chi connectivity index (χ0) is 23.1. The number of ether oxygens (including phenoxy) is 2. The number of carbonyl (C=O) groups is 1. The van der Waals surface area contributed by atoms with E-state index in [1.54, 1.807) is 7.11 Å². The van der Waals surface area contributed by atoms with Crippen LogP contribution >= 0.6 is 23.2 Å². The maximum absolute atomic E-state index is 12.5. The number of amides is 1. The van der Waals surface area contributed by atoms with Gasteiger partial charge in [0.15, 0.2) is 6.61 Å². The summed E-state index contributed by atoms with van der Waals surface area (Å²) in [5.41, 5.74) is 1.21. The Hall–Kier alpha value is -2.94. The third kappa shape index (κ3) is 6.53. The molecule has 0 unspecified atom stereocenters. The van der Waals surface area contributed by atoms with Gasteiger partial charge in [-0.25, -0.2) is 8.42 Å². The lowest BCUT2D eigenvalue weighted by Crippen LogP contribution is -2.28. The molecular formula is C22H20Cl2N2O5S. The molecule has 0 atom stereocenters. The molecule has 0 saturated heterocycles. The predicted octanol–water partition coefficient (Wildman–Crippen LogP) is 4.50. The molecule has 3 aromatic carbocycles. The topological polar surface area (TPSA) is 93.7 Å². The minimum absolute atomic E-state index is 0.0277. The zero-order valence-electron chi connectivity index (χ0n) is 17.0. The smallest absolute Gasteiger partial charge is 0.261 e. The number of nitrogens with one attached hydrogen (secondary N) is 2. The van der Waals surface area contributed by atoms with Crippen LogP contribution < -0.4 is 19.5 Å². The van der Waals surface area contributed by atoms with Crippen molar-refractivity contribution >= 4 is 44.8 Å². The van der Waals surface area contributed by atoms with Crippen LogP contribution in [0.5, 0.6) is 11.5 Å². The summed E-state index contributed by atoms with van der Waals surface area (Å²) in [6, 6.07) is 17.5. The lowest BCUT2D eigenvalue weighted by atomic mass is 10.2. The Morgan fingerprint density at radius 3 is 2.19 bits per heavy atom. The number of halogens is 2. The number of benzene rings is 3. The van der Waals surface area contributed by atoms with Crippen LogP contribution in [0.4, 0.5) is 5.69 Å². The van der Waals surface area contributed by atoms with Crippen molar-refractivity contribution in [2.75, 3.05) is 18.4 Å². The van der Waals surface area contributed by atoms with E-state index in [0.29, 0.717) is 17.3 Å². The van der Waals surface area contributed by atoms with Crippen LogP contribution in [0.3, 0.4) is 0 Å². The third-order valence-electron chi connectivity index (χ3n) is 4.32. The van der Waals surface area contributed by atoms with E-state index in [4.69, 9.17) is 32.7 Å². The van der Waals surface area contributed by atoms with Crippen LogP contribution in [-0.2, 0) is 21.4 Å². The number of hydrogen-bond acceptors (Lipinski definition) is 5. The molecule has 0 aliphatic carbocycles. The molecule has 0 heterocycles. The molecule has 0 fully saturated rings. The summed E-state index contributed by atoms with van der Waals surface area (Å²) in [4.78, 5) is 12.0. The number of anilines is 1. The van der Waals surface area contributed by atoms with Gasteiger partial charge in [-0.3, -0.25) is 9.52 Å². The monoisotopic (exact) mass is 494 g/mol. The molecule has 10 heteroatoms. The van der Waals surface area contributed by atoms with Gasteiger partial charge in [0.2, 0.25) is 0 Å². The summed E-state index contributed by atoms with van der Waals surface area (Å²) in [7, 11) is -2.25. The molecule has 0 aliphatic heterocycles. The van der Waals surface area contributed by atoms with Crippen molar-refractivity contribution in [1.82, 2.24) is 5.32 Å². The van der Waals surface area contributed by atoms with Crippen molar-refractivity contribution in [3.05, 3.63) is 82.3 Å². The fraction of sp³-hybridized carbons (Fsp3) is 0.136. The summed E-state index contributed by atoms with van der Waals surface area (Å²) in [5.74, 6) is 0.790. The predicted molar refractivity (Wildman–Crippen MR) is 124 cm³/mol. The van der Waals surface area contributed by atoms with Gasteiger partial charge in [-0.2, -0.15) is 0 Å². The summed E-state index contributed by atoms with van der Waals surface area (Å²) >= 11 is 11.8. The molecule has 2 N–H and O–H groups in total. The molecule has 168 valence electrons. The van der Waals surface area contributed by atoms with Crippen molar-refractivity contribution in [1.29, 1.82) is 0 Å². The second-order valence-electron chi connectivity index (χ2n) is 6.62. The fourth-order valence-electron chi connectivity index (χ4n) is 2.63. The average Bonchev–Trinajstić information content (AvgIpc) is 2.79.